The van der Waals surface area contributed by atoms with Crippen LogP contribution in [-0.2, 0) is 24.8 Å². The normalized spacial score (nSPS) is 12.7. The molecule has 1 aromatic heterocycles. The van der Waals surface area contributed by atoms with Crippen LogP contribution in [0.25, 0.3) is 10.2 Å². The van der Waals surface area contributed by atoms with Gasteiger partial charge in [0.05, 0.1) is 35.2 Å². The van der Waals surface area contributed by atoms with Crippen LogP contribution in [0.15, 0.2) is 18.2 Å². The van der Waals surface area contributed by atoms with E-state index in [9.17, 15) is 22.5 Å². The number of hydrogen-bond donors (Lipinski definition) is 0. The SMILES string of the molecule is CCOP(=O)(OCC)c1ccc2sc(CC(=O)C(F)(F)F)nc2c1. The van der Waals surface area contributed by atoms with Gasteiger partial charge in [-0.1, -0.05) is 0 Å². The first kappa shape index (κ1) is 19.1. The van der Waals surface area contributed by atoms with E-state index in [4.69, 9.17) is 9.05 Å². The molecule has 0 atom stereocenters. The van der Waals surface area contributed by atoms with Crippen LogP contribution < -0.4 is 5.30 Å². The Kier molecular flexibility index (Phi) is 5.80. The number of aromatic nitrogens is 1. The van der Waals surface area contributed by atoms with E-state index in [1.165, 1.54) is 12.1 Å². The lowest BCUT2D eigenvalue weighted by Crippen LogP contribution is -2.24. The van der Waals surface area contributed by atoms with Crippen molar-refractivity contribution >= 4 is 40.2 Å². The number of nitrogens with zero attached hydrogens (tertiary/aromatic N) is 1. The van der Waals surface area contributed by atoms with Crippen molar-refractivity contribution in [1.29, 1.82) is 0 Å². The summed E-state index contributed by atoms with van der Waals surface area (Å²) < 4.78 is 60.8. The van der Waals surface area contributed by atoms with E-state index in [-0.39, 0.29) is 23.5 Å². The van der Waals surface area contributed by atoms with Gasteiger partial charge in [-0.15, -0.1) is 11.3 Å². The fourth-order valence-corrected chi connectivity index (χ4v) is 4.51. The van der Waals surface area contributed by atoms with Gasteiger partial charge < -0.3 is 9.05 Å². The maximum absolute atomic E-state index is 12.7. The summed E-state index contributed by atoms with van der Waals surface area (Å²) in [5.74, 6) is -1.85. The van der Waals surface area contributed by atoms with Gasteiger partial charge in [0.25, 0.3) is 0 Å². The summed E-state index contributed by atoms with van der Waals surface area (Å²) in [5.41, 5.74) is 0.349. The summed E-state index contributed by atoms with van der Waals surface area (Å²) in [6, 6.07) is 4.57. The van der Waals surface area contributed by atoms with E-state index < -0.39 is 26.0 Å². The molecule has 0 N–H and O–H groups in total. The average molecular weight is 381 g/mol. The Hall–Kier alpha value is -1.28. The van der Waals surface area contributed by atoms with Gasteiger partial charge in [0.1, 0.15) is 5.01 Å². The van der Waals surface area contributed by atoms with Crippen molar-refractivity contribution in [2.24, 2.45) is 0 Å². The number of carbonyl (C=O) groups is 1. The predicted octanol–water partition coefficient (Wildman–Crippen LogP) is 3.86. The van der Waals surface area contributed by atoms with E-state index in [1.54, 1.807) is 19.9 Å². The smallest absolute Gasteiger partial charge is 0.305 e. The van der Waals surface area contributed by atoms with E-state index in [0.29, 0.717) is 10.2 Å². The molecule has 0 fully saturated rings. The molecule has 0 saturated heterocycles. The van der Waals surface area contributed by atoms with E-state index in [1.807, 2.05) is 0 Å². The van der Waals surface area contributed by atoms with Gasteiger partial charge in [-0.2, -0.15) is 13.2 Å². The second-order valence-corrected chi connectivity index (χ2v) is 7.83. The lowest BCUT2D eigenvalue weighted by molar-refractivity contribution is -0.170. The van der Waals surface area contributed by atoms with Gasteiger partial charge in [0.2, 0.25) is 5.78 Å². The average Bonchev–Trinajstić information content (AvgIpc) is 2.88. The second-order valence-electron chi connectivity index (χ2n) is 4.69. The minimum Gasteiger partial charge on any atom is -0.305 e. The number of Topliss-reactive ketones (excluding diaryl/α,β-unsaturated/α-hetero) is 1. The van der Waals surface area contributed by atoms with Crippen LogP contribution in [0.1, 0.15) is 18.9 Å². The first-order valence-electron chi connectivity index (χ1n) is 7.08. The first-order chi connectivity index (χ1) is 11.2. The highest BCUT2D eigenvalue weighted by Gasteiger charge is 2.38. The third-order valence-corrected chi connectivity index (χ3v) is 6.10. The maximum atomic E-state index is 12.7. The minimum atomic E-state index is -4.89. The summed E-state index contributed by atoms with van der Waals surface area (Å²) in [6.07, 6.45) is -5.70. The molecule has 0 saturated carbocycles. The standard InChI is InChI=1S/C14H15F3NO4PS/c1-3-21-23(20,22-4-2)9-5-6-11-10(7-9)18-13(24-11)8-12(19)14(15,16)17/h5-7H,3-4,8H2,1-2H3. The van der Waals surface area contributed by atoms with Gasteiger partial charge in [0.15, 0.2) is 0 Å². The number of carbonyl (C=O) groups excluding carboxylic acids is 1. The molecule has 5 nitrogen and oxygen atoms in total. The van der Waals surface area contributed by atoms with Crippen LogP contribution in [0.2, 0.25) is 0 Å². The number of fused-ring (bicyclic) bond motifs is 1. The summed E-state index contributed by atoms with van der Waals surface area (Å²) in [6.45, 7) is 3.71. The highest BCUT2D eigenvalue weighted by atomic mass is 32.1. The van der Waals surface area contributed by atoms with Gasteiger partial charge in [-0.3, -0.25) is 9.36 Å². The number of hydrogen-bond acceptors (Lipinski definition) is 6. The van der Waals surface area contributed by atoms with Gasteiger partial charge >= 0.3 is 13.8 Å². The minimum absolute atomic E-state index is 0.0483. The molecule has 0 aliphatic carbocycles. The van der Waals surface area contributed by atoms with Crippen LogP contribution in [-0.4, -0.2) is 30.2 Å². The Morgan fingerprint density at radius 3 is 2.42 bits per heavy atom. The summed E-state index contributed by atoms with van der Waals surface area (Å²) in [5, 5.41) is 0.324. The van der Waals surface area contributed by atoms with Gasteiger partial charge in [-0.25, -0.2) is 4.98 Å². The number of benzene rings is 1. The van der Waals surface area contributed by atoms with Crippen LogP contribution in [0.5, 0.6) is 0 Å². The number of halogens is 3. The van der Waals surface area contributed by atoms with Gasteiger partial charge in [-0.05, 0) is 32.0 Å². The van der Waals surface area contributed by atoms with Crippen LogP contribution >= 0.6 is 18.9 Å². The quantitative estimate of drug-likeness (QED) is 0.682. The summed E-state index contributed by atoms with van der Waals surface area (Å²) >= 11 is 0.984. The molecule has 0 radical (unpaired) electrons. The molecule has 10 heteroatoms. The zero-order chi connectivity index (χ0) is 18.0. The molecule has 0 aliphatic rings. The largest absolute Gasteiger partial charge is 0.450 e. The highest BCUT2D eigenvalue weighted by Crippen LogP contribution is 2.47. The van der Waals surface area contributed by atoms with Crippen molar-refractivity contribution in [2.75, 3.05) is 13.2 Å². The van der Waals surface area contributed by atoms with Crippen molar-refractivity contribution in [3.63, 3.8) is 0 Å². The zero-order valence-electron chi connectivity index (χ0n) is 12.9. The molecule has 1 heterocycles. The molecule has 24 heavy (non-hydrogen) atoms. The number of alkyl halides is 3. The summed E-state index contributed by atoms with van der Waals surface area (Å²) in [7, 11) is -3.50. The van der Waals surface area contributed by atoms with Crippen molar-refractivity contribution in [1.82, 2.24) is 4.98 Å². The second kappa shape index (κ2) is 7.31. The lowest BCUT2D eigenvalue weighted by Gasteiger charge is -2.16. The Balaban J connectivity index is 2.35. The third-order valence-electron chi connectivity index (χ3n) is 2.96. The fourth-order valence-electron chi connectivity index (χ4n) is 1.97. The van der Waals surface area contributed by atoms with E-state index >= 15 is 0 Å². The van der Waals surface area contributed by atoms with Crippen molar-refractivity contribution < 1.29 is 31.6 Å². The number of ketones is 1. The van der Waals surface area contributed by atoms with Crippen LogP contribution in [0.3, 0.4) is 0 Å². The topological polar surface area (TPSA) is 65.5 Å². The fraction of sp³-hybridized carbons (Fsp3) is 0.429. The zero-order valence-corrected chi connectivity index (χ0v) is 14.6. The molecule has 0 amide bonds. The van der Waals surface area contributed by atoms with E-state index in [0.717, 1.165) is 11.3 Å². The molecule has 1 aromatic carbocycles. The molecule has 0 unspecified atom stereocenters. The molecule has 0 spiro atoms. The van der Waals surface area contributed by atoms with Crippen molar-refractivity contribution in [3.8, 4) is 0 Å². The summed E-state index contributed by atoms with van der Waals surface area (Å²) in [4.78, 5) is 15.1. The highest BCUT2D eigenvalue weighted by molar-refractivity contribution is 7.62. The van der Waals surface area contributed by atoms with Crippen molar-refractivity contribution in [2.45, 2.75) is 26.4 Å². The Bertz CT molecular complexity index is 780. The number of rotatable bonds is 7. The Morgan fingerprint density at radius 1 is 1.25 bits per heavy atom. The van der Waals surface area contributed by atoms with E-state index in [2.05, 4.69) is 4.98 Å². The Morgan fingerprint density at radius 2 is 1.88 bits per heavy atom. The molecular formula is C14H15F3NO4PS. The molecule has 2 aromatic rings. The predicted molar refractivity (Wildman–Crippen MR) is 84.9 cm³/mol. The first-order valence-corrected chi connectivity index (χ1v) is 9.44. The number of thiazole rings is 1. The van der Waals surface area contributed by atoms with Crippen LogP contribution in [0.4, 0.5) is 13.2 Å². The molecule has 0 aliphatic heterocycles. The third kappa shape index (κ3) is 4.22. The van der Waals surface area contributed by atoms with Crippen molar-refractivity contribution in [3.05, 3.63) is 23.2 Å². The molecular weight excluding hydrogens is 366 g/mol. The Labute approximate surface area is 140 Å². The molecule has 0 bridgehead atoms. The maximum Gasteiger partial charge on any atom is 0.450 e. The molecule has 2 rings (SSSR count). The molecule has 132 valence electrons. The van der Waals surface area contributed by atoms with Gasteiger partial charge in [0, 0.05) is 0 Å². The van der Waals surface area contributed by atoms with Crippen LogP contribution in [0, 0.1) is 0 Å². The monoisotopic (exact) mass is 381 g/mol. The lowest BCUT2D eigenvalue weighted by atomic mass is 10.3.